The van der Waals surface area contributed by atoms with E-state index in [2.05, 4.69) is 20.9 Å². The first-order chi connectivity index (χ1) is 12.9. The van der Waals surface area contributed by atoms with Gasteiger partial charge < -0.3 is 4.74 Å². The molecule has 0 unspecified atom stereocenters. The van der Waals surface area contributed by atoms with Crippen LogP contribution in [0.4, 0.5) is 8.78 Å². The number of alkyl halides is 2. The van der Waals surface area contributed by atoms with Crippen LogP contribution in [0.15, 0.2) is 30.5 Å². The molecule has 2 heterocycles. The molecule has 0 aliphatic heterocycles. The van der Waals surface area contributed by atoms with E-state index in [1.54, 1.807) is 4.68 Å². The van der Waals surface area contributed by atoms with Gasteiger partial charge in [0.1, 0.15) is 5.52 Å². The van der Waals surface area contributed by atoms with Crippen molar-refractivity contribution < 1.29 is 18.3 Å². The van der Waals surface area contributed by atoms with E-state index in [1.807, 2.05) is 19.1 Å². The first-order valence-electron chi connectivity index (χ1n) is 8.54. The van der Waals surface area contributed by atoms with Crippen molar-refractivity contribution in [3.63, 3.8) is 0 Å². The number of hydrogen-bond donors (Lipinski definition) is 0. The van der Waals surface area contributed by atoms with Gasteiger partial charge in [-0.3, -0.25) is 4.68 Å². The number of aromatic nitrogens is 3. The lowest BCUT2D eigenvalue weighted by Gasteiger charge is -2.12. The molecule has 0 spiro atoms. The van der Waals surface area contributed by atoms with Gasteiger partial charge >= 0.3 is 12.4 Å². The third-order valence-corrected chi connectivity index (χ3v) is 4.96. The van der Waals surface area contributed by atoms with Crippen molar-refractivity contribution >= 4 is 28.6 Å². The van der Waals surface area contributed by atoms with Crippen LogP contribution < -0.4 is 4.74 Å². The van der Waals surface area contributed by atoms with Gasteiger partial charge in [0.15, 0.2) is 5.75 Å². The Morgan fingerprint density at radius 3 is 2.89 bits per heavy atom. The van der Waals surface area contributed by atoms with E-state index >= 15 is 0 Å². The number of hydrogen-bond acceptors (Lipinski definition) is 4. The monoisotopic (exact) mass is 391 g/mol. The zero-order valence-corrected chi connectivity index (χ0v) is 15.2. The number of aryl methyl sites for hydroxylation is 1. The fourth-order valence-electron chi connectivity index (χ4n) is 3.20. The van der Waals surface area contributed by atoms with E-state index in [0.29, 0.717) is 34.2 Å². The van der Waals surface area contributed by atoms with E-state index in [-0.39, 0.29) is 5.75 Å². The molecule has 1 aliphatic rings. The number of nitrogens with zero attached hydrogens (tertiary/aromatic N) is 3. The molecular weight excluding hydrogens is 376 g/mol. The van der Waals surface area contributed by atoms with Crippen molar-refractivity contribution in [3.8, 4) is 5.75 Å². The van der Waals surface area contributed by atoms with Crippen LogP contribution >= 0.6 is 11.6 Å². The summed E-state index contributed by atoms with van der Waals surface area (Å²) in [5.74, 6) is -1.14. The van der Waals surface area contributed by atoms with Crippen molar-refractivity contribution in [1.82, 2.24) is 14.8 Å². The van der Waals surface area contributed by atoms with Crippen molar-refractivity contribution in [2.75, 3.05) is 0 Å². The average Bonchev–Trinajstić information content (AvgIpc) is 3.42. The molecule has 1 saturated carbocycles. The molecule has 27 heavy (non-hydrogen) atoms. The highest BCUT2D eigenvalue weighted by molar-refractivity contribution is 6.31. The summed E-state index contributed by atoms with van der Waals surface area (Å²) in [6.07, 6.45) is 0.326. The quantitative estimate of drug-likeness (QED) is 0.601. The number of carbonyl (C=O) groups is 1. The number of carbonyl (C=O) groups excluding carboxylic acids is 1. The molecular formula is C19H16ClF2N3O2. The van der Waals surface area contributed by atoms with Gasteiger partial charge in [0.25, 0.3) is 0 Å². The van der Waals surface area contributed by atoms with Crippen LogP contribution in [0.25, 0.3) is 11.0 Å². The van der Waals surface area contributed by atoms with E-state index < -0.39 is 12.4 Å². The fraction of sp³-hybridized carbons (Fsp3) is 0.316. The van der Waals surface area contributed by atoms with Crippen molar-refractivity contribution in [1.29, 1.82) is 0 Å². The molecule has 0 atom stereocenters. The molecule has 1 fully saturated rings. The molecule has 140 valence electrons. The number of pyridine rings is 1. The van der Waals surface area contributed by atoms with Gasteiger partial charge in [-0.2, -0.15) is 13.9 Å². The maximum atomic E-state index is 12.4. The van der Waals surface area contributed by atoms with Gasteiger partial charge in [-0.15, -0.1) is 0 Å². The minimum absolute atomic E-state index is 0.0458. The predicted molar refractivity (Wildman–Crippen MR) is 96.4 cm³/mol. The number of esters is 1. The van der Waals surface area contributed by atoms with Gasteiger partial charge in [-0.05, 0) is 42.9 Å². The largest absolute Gasteiger partial charge is 0.421 e. The normalized spacial score (nSPS) is 14.1. The molecule has 0 bridgehead atoms. The fourth-order valence-corrected chi connectivity index (χ4v) is 3.44. The zero-order valence-electron chi connectivity index (χ0n) is 14.5. The number of rotatable bonds is 5. The van der Waals surface area contributed by atoms with Gasteiger partial charge in [0.05, 0.1) is 24.0 Å². The first kappa shape index (κ1) is 17.9. The Balaban J connectivity index is 1.73. The summed E-state index contributed by atoms with van der Waals surface area (Å²) < 4.78 is 31.3. The third kappa shape index (κ3) is 3.51. The minimum atomic E-state index is -3.20. The smallest absolute Gasteiger partial charge is 0.379 e. The number of benzene rings is 1. The highest BCUT2D eigenvalue weighted by Gasteiger charge is 2.27. The molecule has 3 aromatic rings. The van der Waals surface area contributed by atoms with Crippen LogP contribution in [0.2, 0.25) is 5.02 Å². The van der Waals surface area contributed by atoms with Crippen LogP contribution in [0, 0.1) is 6.92 Å². The Morgan fingerprint density at radius 1 is 1.41 bits per heavy atom. The maximum absolute atomic E-state index is 12.4. The van der Waals surface area contributed by atoms with Crippen LogP contribution in [0.3, 0.4) is 0 Å². The summed E-state index contributed by atoms with van der Waals surface area (Å²) in [5, 5.41) is 5.17. The van der Waals surface area contributed by atoms with E-state index in [9.17, 15) is 13.6 Å². The van der Waals surface area contributed by atoms with Crippen LogP contribution in [0.5, 0.6) is 5.75 Å². The highest BCUT2D eigenvalue weighted by Crippen LogP contribution is 2.43. The second kappa shape index (κ2) is 6.88. The van der Waals surface area contributed by atoms with Crippen molar-refractivity contribution in [2.45, 2.75) is 38.7 Å². The van der Waals surface area contributed by atoms with Crippen molar-refractivity contribution in [2.24, 2.45) is 0 Å². The minimum Gasteiger partial charge on any atom is -0.421 e. The van der Waals surface area contributed by atoms with E-state index in [0.717, 1.165) is 18.4 Å². The molecule has 1 aliphatic carbocycles. The third-order valence-electron chi connectivity index (χ3n) is 4.61. The number of fused-ring (bicyclic) bond motifs is 1. The molecule has 0 radical (unpaired) electrons. The van der Waals surface area contributed by atoms with Crippen molar-refractivity contribution in [3.05, 3.63) is 52.3 Å². The predicted octanol–water partition coefficient (Wildman–Crippen LogP) is 4.49. The van der Waals surface area contributed by atoms with Crippen LogP contribution in [-0.2, 0) is 11.3 Å². The summed E-state index contributed by atoms with van der Waals surface area (Å²) in [6.45, 7) is 2.23. The Hall–Kier alpha value is -2.54. The van der Waals surface area contributed by atoms with E-state index in [4.69, 9.17) is 11.6 Å². The molecule has 8 heteroatoms. The Morgan fingerprint density at radius 2 is 2.19 bits per heavy atom. The lowest BCUT2D eigenvalue weighted by atomic mass is 10.0. The maximum Gasteiger partial charge on any atom is 0.379 e. The lowest BCUT2D eigenvalue weighted by molar-refractivity contribution is -0.146. The molecule has 0 saturated heterocycles. The Bertz CT molecular complexity index is 1030. The SMILES string of the molecule is Cc1nn(Cc2c(Cl)cccc2C2CC2)c2cc(OC(=O)C(F)F)cnc12. The molecule has 4 rings (SSSR count). The van der Waals surface area contributed by atoms with Crippen LogP contribution in [-0.4, -0.2) is 27.2 Å². The summed E-state index contributed by atoms with van der Waals surface area (Å²) in [6, 6.07) is 7.35. The zero-order chi connectivity index (χ0) is 19.1. The van der Waals surface area contributed by atoms with Gasteiger partial charge in [-0.1, -0.05) is 23.7 Å². The second-order valence-corrected chi connectivity index (χ2v) is 6.99. The van der Waals surface area contributed by atoms with Gasteiger partial charge in [-0.25, -0.2) is 9.78 Å². The van der Waals surface area contributed by atoms with Gasteiger partial charge in [0.2, 0.25) is 0 Å². The summed E-state index contributed by atoms with van der Waals surface area (Å²) in [4.78, 5) is 15.4. The van der Waals surface area contributed by atoms with Gasteiger partial charge in [0, 0.05) is 11.1 Å². The average molecular weight is 392 g/mol. The van der Waals surface area contributed by atoms with Crippen LogP contribution in [0.1, 0.15) is 35.6 Å². The standard InChI is InChI=1S/C19H16ClF2N3O2/c1-10-17-16(7-12(8-23-17)27-19(26)18(21)22)25(24-10)9-14-13(11-5-6-11)3-2-4-15(14)20/h2-4,7-8,11,18H,5-6,9H2,1H3. The number of ether oxygens (including phenoxy) is 1. The first-order valence-corrected chi connectivity index (χ1v) is 8.92. The Labute approximate surface area is 158 Å². The second-order valence-electron chi connectivity index (χ2n) is 6.59. The number of halogens is 3. The Kier molecular flexibility index (Phi) is 4.55. The molecule has 2 aromatic heterocycles. The molecule has 1 aromatic carbocycles. The highest BCUT2D eigenvalue weighted by atomic mass is 35.5. The molecule has 5 nitrogen and oxygen atoms in total. The lowest BCUT2D eigenvalue weighted by Crippen LogP contribution is -2.17. The summed E-state index contributed by atoms with van der Waals surface area (Å²) >= 11 is 6.43. The topological polar surface area (TPSA) is 57.0 Å². The summed E-state index contributed by atoms with van der Waals surface area (Å²) in [5.41, 5.74) is 4.09. The molecule has 0 N–H and O–H groups in total. The summed E-state index contributed by atoms with van der Waals surface area (Å²) in [7, 11) is 0. The molecule has 0 amide bonds. The van der Waals surface area contributed by atoms with E-state index in [1.165, 1.54) is 17.8 Å².